The highest BCUT2D eigenvalue weighted by atomic mass is 19.1. The van der Waals surface area contributed by atoms with Crippen LogP contribution in [0.5, 0.6) is 0 Å². The lowest BCUT2D eigenvalue weighted by Gasteiger charge is -2.46. The SMILES string of the molecule is C[C@]12Cn3cnc(-c4ccc(F)cc4)c3C=C1CCC[C@@H]2Cc1cccc(C#N)c1. The molecule has 30 heavy (non-hydrogen) atoms. The number of imidazole rings is 1. The Bertz CT molecular complexity index is 1170. The predicted octanol–water partition coefficient (Wildman–Crippen LogP) is 6.01. The van der Waals surface area contributed by atoms with Crippen LogP contribution in [0.15, 0.2) is 60.4 Å². The Morgan fingerprint density at radius 1 is 1.23 bits per heavy atom. The third kappa shape index (κ3) is 3.15. The summed E-state index contributed by atoms with van der Waals surface area (Å²) >= 11 is 0. The summed E-state index contributed by atoms with van der Waals surface area (Å²) in [6.45, 7) is 3.29. The number of nitrogens with zero attached hydrogens (tertiary/aromatic N) is 3. The smallest absolute Gasteiger partial charge is 0.123 e. The zero-order chi connectivity index (χ0) is 20.7. The van der Waals surface area contributed by atoms with Gasteiger partial charge in [-0.3, -0.25) is 0 Å². The first-order valence-electron chi connectivity index (χ1n) is 10.6. The van der Waals surface area contributed by atoms with Crippen LogP contribution >= 0.6 is 0 Å². The number of halogens is 1. The van der Waals surface area contributed by atoms with Crippen molar-refractivity contribution in [3.05, 3.63) is 83.1 Å². The van der Waals surface area contributed by atoms with E-state index in [4.69, 9.17) is 0 Å². The monoisotopic (exact) mass is 397 g/mol. The van der Waals surface area contributed by atoms with E-state index >= 15 is 0 Å². The molecule has 0 saturated heterocycles. The van der Waals surface area contributed by atoms with Crippen LogP contribution in [-0.2, 0) is 13.0 Å². The average molecular weight is 397 g/mol. The van der Waals surface area contributed by atoms with Gasteiger partial charge in [-0.1, -0.05) is 24.6 Å². The molecule has 3 nitrogen and oxygen atoms in total. The summed E-state index contributed by atoms with van der Waals surface area (Å²) in [6.07, 6.45) is 8.72. The van der Waals surface area contributed by atoms with Crippen LogP contribution in [0.25, 0.3) is 17.3 Å². The van der Waals surface area contributed by atoms with E-state index in [2.05, 4.69) is 34.7 Å². The van der Waals surface area contributed by atoms with Crippen molar-refractivity contribution in [1.29, 1.82) is 5.26 Å². The minimum absolute atomic E-state index is 0.0780. The summed E-state index contributed by atoms with van der Waals surface area (Å²) in [5, 5.41) is 9.24. The lowest BCUT2D eigenvalue weighted by atomic mass is 9.61. The first kappa shape index (κ1) is 18.8. The molecule has 0 spiro atoms. The van der Waals surface area contributed by atoms with Crippen molar-refractivity contribution in [3.63, 3.8) is 0 Å². The Morgan fingerprint density at radius 2 is 2.07 bits per heavy atom. The molecular weight excluding hydrogens is 373 g/mol. The van der Waals surface area contributed by atoms with Crippen LogP contribution in [0, 0.1) is 28.5 Å². The normalized spacial score (nSPS) is 22.6. The standard InChI is InChI=1S/C26H24FN3/c1-26-16-30-17-29-25(20-8-10-23(27)11-9-20)24(30)14-22(26)7-3-6-21(26)13-18-4-2-5-19(12-18)15-28/h2,4-5,8-12,14,17,21H,3,6-7,13,16H2,1H3/t21-,26-/m1/s1. The summed E-state index contributed by atoms with van der Waals surface area (Å²) in [5.74, 6) is 0.296. The van der Waals surface area contributed by atoms with Crippen molar-refractivity contribution in [2.24, 2.45) is 11.3 Å². The van der Waals surface area contributed by atoms with Gasteiger partial charge in [0.2, 0.25) is 0 Å². The molecule has 4 heteroatoms. The van der Waals surface area contributed by atoms with Crippen LogP contribution in [-0.4, -0.2) is 9.55 Å². The molecule has 1 fully saturated rings. The number of allylic oxidation sites excluding steroid dienone is 1. The fraction of sp³-hybridized carbons (Fsp3) is 0.308. The second kappa shape index (κ2) is 7.25. The van der Waals surface area contributed by atoms with Crippen LogP contribution in [0.3, 0.4) is 0 Å². The van der Waals surface area contributed by atoms with E-state index in [-0.39, 0.29) is 11.2 Å². The zero-order valence-corrected chi connectivity index (χ0v) is 17.1. The Labute approximate surface area is 176 Å². The van der Waals surface area contributed by atoms with E-state index in [0.717, 1.165) is 41.9 Å². The molecule has 0 amide bonds. The van der Waals surface area contributed by atoms with E-state index in [9.17, 15) is 9.65 Å². The van der Waals surface area contributed by atoms with Crippen LogP contribution in [0.4, 0.5) is 4.39 Å². The van der Waals surface area contributed by atoms with Crippen molar-refractivity contribution in [1.82, 2.24) is 9.55 Å². The second-order valence-corrected chi connectivity index (χ2v) is 8.81. The molecule has 2 heterocycles. The first-order chi connectivity index (χ1) is 14.6. The van der Waals surface area contributed by atoms with E-state index in [0.29, 0.717) is 5.92 Å². The van der Waals surface area contributed by atoms with E-state index in [1.54, 1.807) is 12.1 Å². The molecule has 2 aliphatic rings. The summed E-state index contributed by atoms with van der Waals surface area (Å²) in [6, 6.07) is 16.9. The van der Waals surface area contributed by atoms with Gasteiger partial charge in [-0.05, 0) is 79.6 Å². The number of benzene rings is 2. The molecule has 1 saturated carbocycles. The lowest BCUT2D eigenvalue weighted by molar-refractivity contribution is 0.152. The largest absolute Gasteiger partial charge is 0.330 e. The number of rotatable bonds is 3. The highest BCUT2D eigenvalue weighted by Gasteiger charge is 2.43. The lowest BCUT2D eigenvalue weighted by Crippen LogP contribution is -2.40. The molecule has 0 bridgehead atoms. The van der Waals surface area contributed by atoms with Crippen LogP contribution < -0.4 is 0 Å². The van der Waals surface area contributed by atoms with Gasteiger partial charge < -0.3 is 4.57 Å². The highest BCUT2D eigenvalue weighted by molar-refractivity contribution is 5.72. The van der Waals surface area contributed by atoms with Gasteiger partial charge in [-0.15, -0.1) is 0 Å². The van der Waals surface area contributed by atoms with Crippen molar-refractivity contribution in [2.75, 3.05) is 0 Å². The molecule has 0 unspecified atom stereocenters. The Kier molecular flexibility index (Phi) is 4.55. The van der Waals surface area contributed by atoms with Crippen molar-refractivity contribution < 1.29 is 4.39 Å². The first-order valence-corrected chi connectivity index (χ1v) is 10.6. The number of hydrogen-bond donors (Lipinski definition) is 0. The quantitative estimate of drug-likeness (QED) is 0.543. The maximum atomic E-state index is 13.4. The molecule has 2 atom stereocenters. The van der Waals surface area contributed by atoms with E-state index in [1.807, 2.05) is 24.5 Å². The Morgan fingerprint density at radius 3 is 2.87 bits per heavy atom. The summed E-state index contributed by atoms with van der Waals surface area (Å²) in [5.41, 5.74) is 6.54. The Balaban J connectivity index is 1.48. The van der Waals surface area contributed by atoms with Crippen molar-refractivity contribution >= 4 is 6.08 Å². The fourth-order valence-electron chi connectivity index (χ4n) is 5.27. The summed E-state index contributed by atoms with van der Waals surface area (Å²) in [7, 11) is 0. The zero-order valence-electron chi connectivity index (χ0n) is 17.1. The topological polar surface area (TPSA) is 41.6 Å². The molecule has 3 aromatic rings. The maximum Gasteiger partial charge on any atom is 0.123 e. The molecule has 0 radical (unpaired) electrons. The molecular formula is C26H24FN3. The minimum Gasteiger partial charge on any atom is -0.330 e. The molecule has 1 aliphatic heterocycles. The molecule has 2 aromatic carbocycles. The van der Waals surface area contributed by atoms with Crippen molar-refractivity contribution in [3.8, 4) is 17.3 Å². The molecule has 1 aliphatic carbocycles. The van der Waals surface area contributed by atoms with E-state index in [1.165, 1.54) is 36.1 Å². The third-order valence-corrected chi connectivity index (χ3v) is 6.98. The molecule has 150 valence electrons. The van der Waals surface area contributed by atoms with Gasteiger partial charge in [-0.2, -0.15) is 5.26 Å². The van der Waals surface area contributed by atoms with Gasteiger partial charge in [0.15, 0.2) is 0 Å². The third-order valence-electron chi connectivity index (χ3n) is 6.98. The van der Waals surface area contributed by atoms with Gasteiger partial charge in [0.05, 0.1) is 29.3 Å². The Hall–Kier alpha value is -3.19. The minimum atomic E-state index is -0.228. The maximum absolute atomic E-state index is 13.4. The van der Waals surface area contributed by atoms with Crippen LogP contribution in [0.1, 0.15) is 43.0 Å². The summed E-state index contributed by atoms with van der Waals surface area (Å²) < 4.78 is 15.6. The predicted molar refractivity (Wildman–Crippen MR) is 116 cm³/mol. The molecule has 1 aromatic heterocycles. The van der Waals surface area contributed by atoms with Gasteiger partial charge in [0, 0.05) is 17.5 Å². The van der Waals surface area contributed by atoms with Gasteiger partial charge in [0.1, 0.15) is 5.82 Å². The molecule has 0 N–H and O–H groups in total. The number of nitriles is 1. The highest BCUT2D eigenvalue weighted by Crippen LogP contribution is 2.51. The molecule has 5 rings (SSSR count). The van der Waals surface area contributed by atoms with Gasteiger partial charge >= 0.3 is 0 Å². The number of hydrogen-bond acceptors (Lipinski definition) is 2. The van der Waals surface area contributed by atoms with Crippen molar-refractivity contribution in [2.45, 2.75) is 39.2 Å². The number of fused-ring (bicyclic) bond motifs is 2. The average Bonchev–Trinajstić information content (AvgIpc) is 3.15. The van der Waals surface area contributed by atoms with Crippen LogP contribution in [0.2, 0.25) is 0 Å². The second-order valence-electron chi connectivity index (χ2n) is 8.81. The summed E-state index contributed by atoms with van der Waals surface area (Å²) in [4.78, 5) is 4.68. The fourth-order valence-corrected chi connectivity index (χ4v) is 5.27. The van der Waals surface area contributed by atoms with Gasteiger partial charge in [0.25, 0.3) is 0 Å². The number of aromatic nitrogens is 2. The van der Waals surface area contributed by atoms with E-state index < -0.39 is 0 Å². The van der Waals surface area contributed by atoms with Gasteiger partial charge in [-0.25, -0.2) is 9.37 Å².